The molecule has 0 radical (unpaired) electrons. The van der Waals surface area contributed by atoms with Crippen LogP contribution >= 0.6 is 11.6 Å². The summed E-state index contributed by atoms with van der Waals surface area (Å²) in [4.78, 5) is 15.2. The summed E-state index contributed by atoms with van der Waals surface area (Å²) in [6.07, 6.45) is 2.31. The molecule has 3 aromatic rings. The molecule has 1 aliphatic rings. The molecule has 1 amide bonds. The van der Waals surface area contributed by atoms with Crippen LogP contribution < -0.4 is 15.0 Å². The lowest BCUT2D eigenvalue weighted by atomic mass is 10.1. The molecule has 0 unspecified atom stereocenters. The van der Waals surface area contributed by atoms with Gasteiger partial charge in [-0.1, -0.05) is 22.8 Å². The van der Waals surface area contributed by atoms with Gasteiger partial charge in [0, 0.05) is 23.7 Å². The number of carbonyl (C=O) groups excluding carboxylic acids is 1. The number of nitrogens with zero attached hydrogens (tertiary/aromatic N) is 2. The number of rotatable bonds is 6. The number of aryl methyl sites for hydroxylation is 2. The topological polar surface area (TPSA) is 67.6 Å². The van der Waals surface area contributed by atoms with Crippen molar-refractivity contribution >= 4 is 28.9 Å². The molecule has 2 heterocycles. The molecular formula is C23H24ClN3O3. The van der Waals surface area contributed by atoms with Crippen molar-refractivity contribution < 1.29 is 14.1 Å². The Morgan fingerprint density at radius 3 is 2.73 bits per heavy atom. The SMILES string of the molecule is Cc1noc(C)c1COc1cccc(C(=O)Nc2cc(Cl)ccc2N2CCCC2)c1. The lowest BCUT2D eigenvalue weighted by molar-refractivity contribution is 0.102. The van der Waals surface area contributed by atoms with E-state index in [-0.39, 0.29) is 5.91 Å². The number of amides is 1. The highest BCUT2D eigenvalue weighted by molar-refractivity contribution is 6.31. The molecule has 7 heteroatoms. The summed E-state index contributed by atoms with van der Waals surface area (Å²) in [5.74, 6) is 1.13. The molecule has 6 nitrogen and oxygen atoms in total. The third kappa shape index (κ3) is 4.44. The van der Waals surface area contributed by atoms with Crippen LogP contribution in [0, 0.1) is 13.8 Å². The average molecular weight is 426 g/mol. The monoisotopic (exact) mass is 425 g/mol. The predicted molar refractivity (Wildman–Crippen MR) is 118 cm³/mol. The summed E-state index contributed by atoms with van der Waals surface area (Å²) in [5, 5.41) is 7.54. The quantitative estimate of drug-likeness (QED) is 0.574. The van der Waals surface area contributed by atoms with Crippen LogP contribution in [0.15, 0.2) is 47.0 Å². The van der Waals surface area contributed by atoms with Crippen molar-refractivity contribution in [1.29, 1.82) is 0 Å². The second-order valence-electron chi connectivity index (χ2n) is 7.43. The van der Waals surface area contributed by atoms with Crippen LogP contribution in [0.1, 0.15) is 40.2 Å². The van der Waals surface area contributed by atoms with Gasteiger partial charge >= 0.3 is 0 Å². The van der Waals surface area contributed by atoms with Gasteiger partial charge in [-0.05, 0) is 63.1 Å². The molecule has 1 N–H and O–H groups in total. The molecule has 0 atom stereocenters. The van der Waals surface area contributed by atoms with Crippen LogP contribution in [0.3, 0.4) is 0 Å². The van der Waals surface area contributed by atoms with Gasteiger partial charge in [0.25, 0.3) is 5.91 Å². The van der Waals surface area contributed by atoms with Crippen molar-refractivity contribution in [3.63, 3.8) is 0 Å². The Bertz CT molecular complexity index is 1040. The summed E-state index contributed by atoms with van der Waals surface area (Å²) < 4.78 is 11.0. The van der Waals surface area contributed by atoms with E-state index in [0.717, 1.165) is 54.3 Å². The fourth-order valence-corrected chi connectivity index (χ4v) is 3.80. The van der Waals surface area contributed by atoms with Crippen LogP contribution in [-0.2, 0) is 6.61 Å². The van der Waals surface area contributed by atoms with Gasteiger partial charge < -0.3 is 19.5 Å². The summed E-state index contributed by atoms with van der Waals surface area (Å²) in [5.41, 5.74) is 3.95. The van der Waals surface area contributed by atoms with E-state index >= 15 is 0 Å². The highest BCUT2D eigenvalue weighted by atomic mass is 35.5. The summed E-state index contributed by atoms with van der Waals surface area (Å²) in [6, 6.07) is 12.7. The van der Waals surface area contributed by atoms with Crippen LogP contribution in [0.2, 0.25) is 5.02 Å². The number of hydrogen-bond donors (Lipinski definition) is 1. The van der Waals surface area contributed by atoms with E-state index in [4.69, 9.17) is 20.9 Å². The van der Waals surface area contributed by atoms with Gasteiger partial charge in [-0.25, -0.2) is 0 Å². The summed E-state index contributed by atoms with van der Waals surface area (Å²) in [6.45, 7) is 6.03. The first-order valence-corrected chi connectivity index (χ1v) is 10.4. The van der Waals surface area contributed by atoms with Gasteiger partial charge in [-0.15, -0.1) is 0 Å². The largest absolute Gasteiger partial charge is 0.489 e. The molecule has 0 spiro atoms. The molecule has 1 aromatic heterocycles. The molecule has 0 aliphatic carbocycles. The average Bonchev–Trinajstić information content (AvgIpc) is 3.37. The van der Waals surface area contributed by atoms with Gasteiger partial charge in [0.15, 0.2) is 0 Å². The number of halogens is 1. The van der Waals surface area contributed by atoms with E-state index < -0.39 is 0 Å². The number of anilines is 2. The normalized spacial score (nSPS) is 13.5. The van der Waals surface area contributed by atoms with Crippen LogP contribution in [0.5, 0.6) is 5.75 Å². The first kappa shape index (κ1) is 20.3. The Morgan fingerprint density at radius 1 is 1.20 bits per heavy atom. The molecule has 1 aliphatic heterocycles. The number of aromatic nitrogens is 1. The van der Waals surface area contributed by atoms with Crippen molar-refractivity contribution in [1.82, 2.24) is 5.16 Å². The molecule has 1 fully saturated rings. The number of nitrogens with one attached hydrogen (secondary N) is 1. The minimum absolute atomic E-state index is 0.208. The zero-order chi connectivity index (χ0) is 21.1. The molecule has 0 saturated carbocycles. The summed E-state index contributed by atoms with van der Waals surface area (Å²) >= 11 is 6.19. The fraction of sp³-hybridized carbons (Fsp3) is 0.304. The fourth-order valence-electron chi connectivity index (χ4n) is 3.63. The minimum atomic E-state index is -0.208. The van der Waals surface area contributed by atoms with E-state index in [1.54, 1.807) is 24.3 Å². The molecule has 2 aromatic carbocycles. The Kier molecular flexibility index (Phi) is 5.95. The highest BCUT2D eigenvalue weighted by Gasteiger charge is 2.18. The maximum Gasteiger partial charge on any atom is 0.255 e. The third-order valence-corrected chi connectivity index (χ3v) is 5.55. The maximum atomic E-state index is 12.9. The molecule has 156 valence electrons. The van der Waals surface area contributed by atoms with Crippen LogP contribution in [-0.4, -0.2) is 24.2 Å². The van der Waals surface area contributed by atoms with E-state index in [1.165, 1.54) is 0 Å². The smallest absolute Gasteiger partial charge is 0.255 e. The van der Waals surface area contributed by atoms with Crippen LogP contribution in [0.25, 0.3) is 0 Å². The lowest BCUT2D eigenvalue weighted by Gasteiger charge is -2.22. The minimum Gasteiger partial charge on any atom is -0.489 e. The van der Waals surface area contributed by atoms with Crippen molar-refractivity contribution in [2.45, 2.75) is 33.3 Å². The number of ether oxygens (including phenoxy) is 1. The lowest BCUT2D eigenvalue weighted by Crippen LogP contribution is -2.21. The van der Waals surface area contributed by atoms with Gasteiger partial charge in [0.05, 0.1) is 22.6 Å². The van der Waals surface area contributed by atoms with E-state index in [9.17, 15) is 4.79 Å². The second-order valence-corrected chi connectivity index (χ2v) is 7.87. The van der Waals surface area contributed by atoms with Crippen LogP contribution in [0.4, 0.5) is 11.4 Å². The predicted octanol–water partition coefficient (Wildman–Crippen LogP) is 5.38. The molecule has 30 heavy (non-hydrogen) atoms. The molecule has 0 bridgehead atoms. The van der Waals surface area contributed by atoms with Crippen molar-refractivity contribution in [2.75, 3.05) is 23.3 Å². The van der Waals surface area contributed by atoms with Gasteiger partial charge in [0.1, 0.15) is 18.1 Å². The van der Waals surface area contributed by atoms with Crippen molar-refractivity contribution in [3.8, 4) is 5.75 Å². The zero-order valence-corrected chi connectivity index (χ0v) is 17.8. The standard InChI is InChI=1S/C23H24ClN3O3/c1-15-20(16(2)30-26-15)14-29-19-7-5-6-17(12-19)23(28)25-21-13-18(24)8-9-22(21)27-10-3-4-11-27/h5-9,12-13H,3-4,10-11,14H2,1-2H3,(H,25,28). The van der Waals surface area contributed by atoms with E-state index in [1.807, 2.05) is 32.0 Å². The first-order chi connectivity index (χ1) is 14.5. The van der Waals surface area contributed by atoms with Gasteiger partial charge in [-0.2, -0.15) is 0 Å². The Balaban J connectivity index is 1.49. The zero-order valence-electron chi connectivity index (χ0n) is 17.1. The maximum absolute atomic E-state index is 12.9. The van der Waals surface area contributed by atoms with Crippen molar-refractivity contribution in [3.05, 3.63) is 70.1 Å². The molecular weight excluding hydrogens is 402 g/mol. The molecule has 4 rings (SSSR count). The van der Waals surface area contributed by atoms with Gasteiger partial charge in [-0.3, -0.25) is 4.79 Å². The number of benzene rings is 2. The number of hydrogen-bond acceptors (Lipinski definition) is 5. The third-order valence-electron chi connectivity index (χ3n) is 5.31. The second kappa shape index (κ2) is 8.79. The van der Waals surface area contributed by atoms with Crippen molar-refractivity contribution in [2.24, 2.45) is 0 Å². The Labute approximate surface area is 180 Å². The Morgan fingerprint density at radius 2 is 2.00 bits per heavy atom. The Hall–Kier alpha value is -2.99. The molecule has 1 saturated heterocycles. The van der Waals surface area contributed by atoms with Gasteiger partial charge in [0.2, 0.25) is 0 Å². The highest BCUT2D eigenvalue weighted by Crippen LogP contribution is 2.32. The van der Waals surface area contributed by atoms with E-state index in [2.05, 4.69) is 15.4 Å². The first-order valence-electron chi connectivity index (χ1n) is 10.0. The summed E-state index contributed by atoms with van der Waals surface area (Å²) in [7, 11) is 0. The number of carbonyl (C=O) groups is 1. The van der Waals surface area contributed by atoms with E-state index in [0.29, 0.717) is 22.9 Å².